The van der Waals surface area contributed by atoms with Crippen molar-refractivity contribution in [3.8, 4) is 11.8 Å². The number of nitrogens with one attached hydrogen (secondary N) is 1. The van der Waals surface area contributed by atoms with E-state index in [1.54, 1.807) is 48.5 Å². The van der Waals surface area contributed by atoms with Crippen LogP contribution in [0.25, 0.3) is 0 Å². The number of nitriles is 1. The van der Waals surface area contributed by atoms with E-state index in [0.717, 1.165) is 12.2 Å². The monoisotopic (exact) mass is 280 g/mol. The molecule has 21 heavy (non-hydrogen) atoms. The van der Waals surface area contributed by atoms with Crippen LogP contribution in [0.15, 0.2) is 48.5 Å². The van der Waals surface area contributed by atoms with E-state index in [4.69, 9.17) is 10.00 Å². The largest absolute Gasteiger partial charge is 0.494 e. The summed E-state index contributed by atoms with van der Waals surface area (Å²) in [5.41, 5.74) is 1.66. The van der Waals surface area contributed by atoms with Gasteiger partial charge >= 0.3 is 0 Å². The first-order valence-electron chi connectivity index (χ1n) is 6.77. The summed E-state index contributed by atoms with van der Waals surface area (Å²) in [5.74, 6) is 0.534. The Kier molecular flexibility index (Phi) is 4.94. The Morgan fingerprint density at radius 2 is 2.00 bits per heavy atom. The van der Waals surface area contributed by atoms with E-state index in [1.807, 2.05) is 13.0 Å². The lowest BCUT2D eigenvalue weighted by Crippen LogP contribution is -2.11. The summed E-state index contributed by atoms with van der Waals surface area (Å²) < 4.78 is 5.47. The van der Waals surface area contributed by atoms with Gasteiger partial charge in [0.1, 0.15) is 5.75 Å². The summed E-state index contributed by atoms with van der Waals surface area (Å²) in [6, 6.07) is 15.8. The molecule has 0 atom stereocenters. The summed E-state index contributed by atoms with van der Waals surface area (Å²) in [7, 11) is 0. The van der Waals surface area contributed by atoms with Crippen LogP contribution < -0.4 is 10.1 Å². The molecular formula is C17H16N2O2. The lowest BCUT2D eigenvalue weighted by Gasteiger charge is -2.07. The summed E-state index contributed by atoms with van der Waals surface area (Å²) >= 11 is 0. The molecule has 2 aromatic carbocycles. The van der Waals surface area contributed by atoms with Crippen LogP contribution >= 0.6 is 0 Å². The molecule has 0 heterocycles. The summed E-state index contributed by atoms with van der Waals surface area (Å²) in [6.45, 7) is 2.70. The van der Waals surface area contributed by atoms with Gasteiger partial charge in [-0.1, -0.05) is 13.0 Å². The third kappa shape index (κ3) is 4.08. The molecule has 106 valence electrons. The van der Waals surface area contributed by atoms with E-state index >= 15 is 0 Å². The van der Waals surface area contributed by atoms with Crippen molar-refractivity contribution in [3.05, 3.63) is 59.7 Å². The first-order valence-corrected chi connectivity index (χ1v) is 6.77. The van der Waals surface area contributed by atoms with E-state index < -0.39 is 0 Å². The molecule has 4 heteroatoms. The number of rotatable bonds is 5. The maximum Gasteiger partial charge on any atom is 0.255 e. The van der Waals surface area contributed by atoms with Crippen LogP contribution in [0.3, 0.4) is 0 Å². The molecule has 0 aromatic heterocycles. The maximum atomic E-state index is 12.1. The molecule has 0 aliphatic rings. The highest BCUT2D eigenvalue weighted by atomic mass is 16.5. The average Bonchev–Trinajstić information content (AvgIpc) is 2.53. The Bertz CT molecular complexity index is 657. The Hall–Kier alpha value is -2.80. The lowest BCUT2D eigenvalue weighted by molar-refractivity contribution is 0.102. The summed E-state index contributed by atoms with van der Waals surface area (Å²) in [5, 5.41) is 11.6. The lowest BCUT2D eigenvalue weighted by atomic mass is 10.2. The van der Waals surface area contributed by atoms with E-state index in [1.165, 1.54) is 0 Å². The molecule has 2 aromatic rings. The average molecular weight is 280 g/mol. The Balaban J connectivity index is 2.04. The fourth-order valence-corrected chi connectivity index (χ4v) is 1.79. The molecule has 0 bridgehead atoms. The fourth-order valence-electron chi connectivity index (χ4n) is 1.79. The first kappa shape index (κ1) is 14.6. The van der Waals surface area contributed by atoms with Crippen LogP contribution in [-0.4, -0.2) is 12.5 Å². The molecule has 0 fully saturated rings. The van der Waals surface area contributed by atoms with Crippen molar-refractivity contribution in [1.82, 2.24) is 0 Å². The number of anilines is 1. The van der Waals surface area contributed by atoms with Gasteiger partial charge in [-0.25, -0.2) is 0 Å². The second-order valence-electron chi connectivity index (χ2n) is 4.52. The van der Waals surface area contributed by atoms with Crippen LogP contribution in [0.1, 0.15) is 29.3 Å². The van der Waals surface area contributed by atoms with E-state index in [2.05, 4.69) is 5.32 Å². The predicted molar refractivity (Wildman–Crippen MR) is 81.3 cm³/mol. The van der Waals surface area contributed by atoms with Gasteiger partial charge in [-0.3, -0.25) is 4.79 Å². The van der Waals surface area contributed by atoms with Gasteiger partial charge < -0.3 is 10.1 Å². The molecule has 0 saturated carbocycles. The minimum Gasteiger partial charge on any atom is -0.494 e. The molecule has 0 radical (unpaired) electrons. The zero-order valence-corrected chi connectivity index (χ0v) is 11.8. The molecule has 1 N–H and O–H groups in total. The van der Waals surface area contributed by atoms with Crippen molar-refractivity contribution in [2.45, 2.75) is 13.3 Å². The predicted octanol–water partition coefficient (Wildman–Crippen LogP) is 3.60. The van der Waals surface area contributed by atoms with Crippen LogP contribution in [0.4, 0.5) is 5.69 Å². The van der Waals surface area contributed by atoms with Gasteiger partial charge in [-0.2, -0.15) is 5.26 Å². The number of carbonyl (C=O) groups excluding carboxylic acids is 1. The molecule has 4 nitrogen and oxygen atoms in total. The van der Waals surface area contributed by atoms with Gasteiger partial charge in [-0.15, -0.1) is 0 Å². The van der Waals surface area contributed by atoms with Crippen molar-refractivity contribution in [3.63, 3.8) is 0 Å². The van der Waals surface area contributed by atoms with Crippen molar-refractivity contribution >= 4 is 11.6 Å². The minimum absolute atomic E-state index is 0.216. The maximum absolute atomic E-state index is 12.1. The van der Waals surface area contributed by atoms with Gasteiger partial charge in [0.2, 0.25) is 0 Å². The van der Waals surface area contributed by atoms with Crippen LogP contribution in [0, 0.1) is 11.3 Å². The second kappa shape index (κ2) is 7.11. The van der Waals surface area contributed by atoms with Gasteiger partial charge in [0.05, 0.1) is 18.2 Å². The van der Waals surface area contributed by atoms with Gasteiger partial charge in [0, 0.05) is 11.3 Å². The van der Waals surface area contributed by atoms with Gasteiger partial charge in [0.25, 0.3) is 5.91 Å². The van der Waals surface area contributed by atoms with Gasteiger partial charge in [-0.05, 0) is 48.9 Å². The molecule has 0 saturated heterocycles. The molecule has 0 aliphatic carbocycles. The van der Waals surface area contributed by atoms with Crippen molar-refractivity contribution in [1.29, 1.82) is 5.26 Å². The summed E-state index contributed by atoms with van der Waals surface area (Å²) in [4.78, 5) is 12.1. The second-order valence-corrected chi connectivity index (χ2v) is 4.52. The number of carbonyl (C=O) groups is 1. The highest BCUT2D eigenvalue weighted by Crippen LogP contribution is 2.15. The smallest absolute Gasteiger partial charge is 0.255 e. The van der Waals surface area contributed by atoms with Crippen LogP contribution in [0.2, 0.25) is 0 Å². The number of ether oxygens (including phenoxy) is 1. The number of amides is 1. The Morgan fingerprint density at radius 1 is 1.24 bits per heavy atom. The molecule has 0 aliphatic heterocycles. The molecular weight excluding hydrogens is 264 g/mol. The third-order valence-electron chi connectivity index (χ3n) is 2.84. The molecule has 0 unspecified atom stereocenters. The quantitative estimate of drug-likeness (QED) is 0.910. The van der Waals surface area contributed by atoms with Gasteiger partial charge in [0.15, 0.2) is 0 Å². The Labute approximate surface area is 124 Å². The SMILES string of the molecule is CCCOc1ccc(C(=O)Nc2cccc(C#N)c2)cc1. The summed E-state index contributed by atoms with van der Waals surface area (Å²) in [6.07, 6.45) is 0.942. The number of hydrogen-bond donors (Lipinski definition) is 1. The van der Waals surface area contributed by atoms with E-state index in [0.29, 0.717) is 23.4 Å². The third-order valence-corrected chi connectivity index (χ3v) is 2.84. The van der Waals surface area contributed by atoms with Crippen molar-refractivity contribution in [2.24, 2.45) is 0 Å². The van der Waals surface area contributed by atoms with Crippen molar-refractivity contribution < 1.29 is 9.53 Å². The Morgan fingerprint density at radius 3 is 2.67 bits per heavy atom. The normalized spacial score (nSPS) is 9.71. The zero-order valence-electron chi connectivity index (χ0n) is 11.8. The fraction of sp³-hybridized carbons (Fsp3) is 0.176. The highest BCUT2D eigenvalue weighted by Gasteiger charge is 2.06. The van der Waals surface area contributed by atoms with E-state index in [-0.39, 0.29) is 5.91 Å². The van der Waals surface area contributed by atoms with Crippen molar-refractivity contribution in [2.75, 3.05) is 11.9 Å². The number of benzene rings is 2. The number of nitrogens with zero attached hydrogens (tertiary/aromatic N) is 1. The topological polar surface area (TPSA) is 62.1 Å². The number of hydrogen-bond acceptors (Lipinski definition) is 3. The standard InChI is InChI=1S/C17H16N2O2/c1-2-10-21-16-8-6-14(7-9-16)17(20)19-15-5-3-4-13(11-15)12-18/h3-9,11H,2,10H2,1H3,(H,19,20). The minimum atomic E-state index is -0.216. The van der Waals surface area contributed by atoms with Crippen LogP contribution in [0.5, 0.6) is 5.75 Å². The molecule has 0 spiro atoms. The highest BCUT2D eigenvalue weighted by molar-refractivity contribution is 6.04. The zero-order chi connectivity index (χ0) is 15.1. The first-order chi connectivity index (χ1) is 10.2. The molecule has 1 amide bonds. The molecule has 2 rings (SSSR count). The van der Waals surface area contributed by atoms with E-state index in [9.17, 15) is 4.79 Å². The van der Waals surface area contributed by atoms with Crippen LogP contribution in [-0.2, 0) is 0 Å².